The molecule has 1 aliphatic heterocycles. The third-order valence-electron chi connectivity index (χ3n) is 3.56. The molecule has 3 nitrogen and oxygen atoms in total. The van der Waals surface area contributed by atoms with Crippen LogP contribution in [0.15, 0.2) is 12.7 Å². The highest BCUT2D eigenvalue weighted by Gasteiger charge is 2.34. The zero-order valence-electron chi connectivity index (χ0n) is 9.17. The fraction of sp³-hybridized carbons (Fsp3) is 0.750. The van der Waals surface area contributed by atoms with Gasteiger partial charge in [-0.25, -0.2) is 0 Å². The van der Waals surface area contributed by atoms with Crippen molar-refractivity contribution in [3.8, 4) is 0 Å². The molecule has 1 aliphatic carbocycles. The van der Waals surface area contributed by atoms with Crippen molar-refractivity contribution in [3.63, 3.8) is 0 Å². The second-order valence-corrected chi connectivity index (χ2v) is 4.83. The van der Waals surface area contributed by atoms with E-state index in [0.717, 1.165) is 37.8 Å². The van der Waals surface area contributed by atoms with Crippen molar-refractivity contribution >= 4 is 5.91 Å². The van der Waals surface area contributed by atoms with Crippen LogP contribution in [0.25, 0.3) is 0 Å². The van der Waals surface area contributed by atoms with Gasteiger partial charge in [-0.05, 0) is 44.2 Å². The standard InChI is InChI=1S/C12H20N2O/c1-2-3-14-12(15)11-5-9-4-10(6-11)8-13-7-9/h2,9-11,13H,1,3-8H2,(H,14,15). The van der Waals surface area contributed by atoms with Gasteiger partial charge in [0.15, 0.2) is 0 Å². The predicted octanol–water partition coefficient (Wildman–Crippen LogP) is 0.924. The van der Waals surface area contributed by atoms with Crippen molar-refractivity contribution in [2.45, 2.75) is 19.3 Å². The Labute approximate surface area is 91.3 Å². The fourth-order valence-electron chi connectivity index (χ4n) is 2.92. The maximum atomic E-state index is 11.8. The van der Waals surface area contributed by atoms with Crippen LogP contribution in [0.3, 0.4) is 0 Å². The first-order valence-corrected chi connectivity index (χ1v) is 5.89. The molecular weight excluding hydrogens is 188 g/mol. The van der Waals surface area contributed by atoms with Gasteiger partial charge in [-0.2, -0.15) is 0 Å². The minimum absolute atomic E-state index is 0.228. The summed E-state index contributed by atoms with van der Waals surface area (Å²) in [6.45, 7) is 6.41. The summed E-state index contributed by atoms with van der Waals surface area (Å²) >= 11 is 0. The Bertz CT molecular complexity index is 240. The average molecular weight is 208 g/mol. The summed E-state index contributed by atoms with van der Waals surface area (Å²) in [5, 5.41) is 6.36. The highest BCUT2D eigenvalue weighted by atomic mass is 16.1. The van der Waals surface area contributed by atoms with E-state index >= 15 is 0 Å². The molecule has 0 aromatic carbocycles. The van der Waals surface area contributed by atoms with E-state index in [2.05, 4.69) is 17.2 Å². The quantitative estimate of drug-likeness (QED) is 0.677. The van der Waals surface area contributed by atoms with Gasteiger partial charge in [0.05, 0.1) is 0 Å². The van der Waals surface area contributed by atoms with Gasteiger partial charge < -0.3 is 10.6 Å². The Hall–Kier alpha value is -0.830. The van der Waals surface area contributed by atoms with Crippen LogP contribution in [0.2, 0.25) is 0 Å². The number of piperidine rings is 1. The third kappa shape index (κ3) is 2.59. The van der Waals surface area contributed by atoms with Gasteiger partial charge in [-0.15, -0.1) is 6.58 Å². The Morgan fingerprint density at radius 3 is 2.60 bits per heavy atom. The predicted molar refractivity (Wildman–Crippen MR) is 60.4 cm³/mol. The number of nitrogens with one attached hydrogen (secondary N) is 2. The van der Waals surface area contributed by atoms with Crippen molar-refractivity contribution in [1.29, 1.82) is 0 Å². The van der Waals surface area contributed by atoms with Crippen molar-refractivity contribution in [2.24, 2.45) is 17.8 Å². The van der Waals surface area contributed by atoms with Crippen LogP contribution in [-0.4, -0.2) is 25.5 Å². The zero-order chi connectivity index (χ0) is 10.7. The molecule has 1 saturated carbocycles. The van der Waals surface area contributed by atoms with E-state index in [1.807, 2.05) is 0 Å². The minimum Gasteiger partial charge on any atom is -0.352 e. The van der Waals surface area contributed by atoms with Crippen molar-refractivity contribution in [3.05, 3.63) is 12.7 Å². The molecule has 84 valence electrons. The average Bonchev–Trinajstić information content (AvgIpc) is 2.25. The first-order valence-electron chi connectivity index (χ1n) is 5.89. The molecule has 2 unspecified atom stereocenters. The highest BCUT2D eigenvalue weighted by Crippen LogP contribution is 2.35. The first kappa shape index (κ1) is 10.7. The van der Waals surface area contributed by atoms with Crippen molar-refractivity contribution in [2.75, 3.05) is 19.6 Å². The van der Waals surface area contributed by atoms with Crippen molar-refractivity contribution in [1.82, 2.24) is 10.6 Å². The molecule has 2 bridgehead atoms. The fourth-order valence-corrected chi connectivity index (χ4v) is 2.92. The highest BCUT2D eigenvalue weighted by molar-refractivity contribution is 5.78. The molecule has 2 aliphatic rings. The molecule has 0 radical (unpaired) electrons. The van der Waals surface area contributed by atoms with E-state index < -0.39 is 0 Å². The van der Waals surface area contributed by atoms with Gasteiger partial charge in [-0.3, -0.25) is 4.79 Å². The van der Waals surface area contributed by atoms with E-state index in [1.165, 1.54) is 6.42 Å². The number of carbonyl (C=O) groups is 1. The summed E-state index contributed by atoms with van der Waals surface area (Å²) in [5.41, 5.74) is 0. The van der Waals surface area contributed by atoms with Crippen LogP contribution < -0.4 is 10.6 Å². The van der Waals surface area contributed by atoms with E-state index in [4.69, 9.17) is 0 Å². The molecular formula is C12H20N2O. The molecule has 1 amide bonds. The molecule has 15 heavy (non-hydrogen) atoms. The number of hydrogen-bond donors (Lipinski definition) is 2. The van der Waals surface area contributed by atoms with Gasteiger partial charge in [-0.1, -0.05) is 6.08 Å². The molecule has 3 heteroatoms. The lowest BCUT2D eigenvalue weighted by Crippen LogP contribution is -2.45. The Morgan fingerprint density at radius 1 is 1.33 bits per heavy atom. The smallest absolute Gasteiger partial charge is 0.223 e. The normalized spacial score (nSPS) is 34.5. The van der Waals surface area contributed by atoms with Crippen LogP contribution in [0.4, 0.5) is 0 Å². The Morgan fingerprint density at radius 2 is 2.00 bits per heavy atom. The molecule has 2 rings (SSSR count). The lowest BCUT2D eigenvalue weighted by Gasteiger charge is -2.38. The van der Waals surface area contributed by atoms with Crippen molar-refractivity contribution < 1.29 is 4.79 Å². The summed E-state index contributed by atoms with van der Waals surface area (Å²) in [6, 6.07) is 0. The van der Waals surface area contributed by atoms with Crippen LogP contribution >= 0.6 is 0 Å². The lowest BCUT2D eigenvalue weighted by molar-refractivity contribution is -0.127. The summed E-state index contributed by atoms with van der Waals surface area (Å²) in [5.74, 6) is 1.91. The SMILES string of the molecule is C=CCNC(=O)C1CC2CNCC(C2)C1. The molecule has 0 spiro atoms. The van der Waals surface area contributed by atoms with Gasteiger partial charge >= 0.3 is 0 Å². The Kier molecular flexibility index (Phi) is 3.41. The summed E-state index contributed by atoms with van der Waals surface area (Å²) in [4.78, 5) is 11.8. The molecule has 1 heterocycles. The van der Waals surface area contributed by atoms with Crippen LogP contribution in [0.1, 0.15) is 19.3 Å². The second-order valence-electron chi connectivity index (χ2n) is 4.83. The topological polar surface area (TPSA) is 41.1 Å². The second kappa shape index (κ2) is 4.79. The lowest BCUT2D eigenvalue weighted by atomic mass is 9.73. The first-order chi connectivity index (χ1) is 7.29. The number of rotatable bonds is 3. The molecule has 2 fully saturated rings. The van der Waals surface area contributed by atoms with Crippen LogP contribution in [0.5, 0.6) is 0 Å². The van der Waals surface area contributed by atoms with E-state index in [1.54, 1.807) is 6.08 Å². The van der Waals surface area contributed by atoms with E-state index in [9.17, 15) is 4.79 Å². The molecule has 2 atom stereocenters. The number of hydrogen-bond acceptors (Lipinski definition) is 2. The summed E-state index contributed by atoms with van der Waals surface area (Å²) in [6.07, 6.45) is 5.18. The van der Waals surface area contributed by atoms with Gasteiger partial charge in [0, 0.05) is 12.5 Å². The maximum absolute atomic E-state index is 11.8. The zero-order valence-corrected chi connectivity index (χ0v) is 9.17. The molecule has 2 N–H and O–H groups in total. The van der Waals surface area contributed by atoms with Gasteiger partial charge in [0.2, 0.25) is 5.91 Å². The molecule has 0 aromatic rings. The van der Waals surface area contributed by atoms with E-state index in [0.29, 0.717) is 6.54 Å². The maximum Gasteiger partial charge on any atom is 0.223 e. The summed E-state index contributed by atoms with van der Waals surface area (Å²) < 4.78 is 0. The minimum atomic E-state index is 0.228. The van der Waals surface area contributed by atoms with Crippen LogP contribution in [-0.2, 0) is 4.79 Å². The number of amides is 1. The molecule has 0 aromatic heterocycles. The monoisotopic (exact) mass is 208 g/mol. The van der Waals surface area contributed by atoms with Gasteiger partial charge in [0.25, 0.3) is 0 Å². The number of fused-ring (bicyclic) bond motifs is 2. The van der Waals surface area contributed by atoms with E-state index in [-0.39, 0.29) is 11.8 Å². The largest absolute Gasteiger partial charge is 0.352 e. The summed E-state index contributed by atoms with van der Waals surface area (Å²) in [7, 11) is 0. The van der Waals surface area contributed by atoms with Gasteiger partial charge in [0.1, 0.15) is 0 Å². The Balaban J connectivity index is 1.87. The third-order valence-corrected chi connectivity index (χ3v) is 3.56. The molecule has 1 saturated heterocycles. The number of carbonyl (C=O) groups excluding carboxylic acids is 1. The van der Waals surface area contributed by atoms with Crippen LogP contribution in [0, 0.1) is 17.8 Å².